The van der Waals surface area contributed by atoms with E-state index in [9.17, 15) is 0 Å². The highest BCUT2D eigenvalue weighted by molar-refractivity contribution is 14.1. The summed E-state index contributed by atoms with van der Waals surface area (Å²) in [5.41, 5.74) is 0. The zero-order valence-corrected chi connectivity index (χ0v) is 16.3. The lowest BCUT2D eigenvalue weighted by Gasteiger charge is -2.03. The van der Waals surface area contributed by atoms with E-state index in [-0.39, 0.29) is 0 Å². The van der Waals surface area contributed by atoms with Crippen LogP contribution >= 0.6 is 22.6 Å². The fraction of sp³-hybridized carbons (Fsp3) is 1.00. The van der Waals surface area contributed by atoms with Crippen LogP contribution in [0.4, 0.5) is 0 Å². The lowest BCUT2D eigenvalue weighted by molar-refractivity contribution is 0.529. The molecule has 0 saturated heterocycles. The van der Waals surface area contributed by atoms with Crippen molar-refractivity contribution in [3.63, 3.8) is 0 Å². The van der Waals surface area contributed by atoms with Crippen molar-refractivity contribution in [3.05, 3.63) is 0 Å². The fourth-order valence-electron chi connectivity index (χ4n) is 2.82. The van der Waals surface area contributed by atoms with Gasteiger partial charge < -0.3 is 0 Å². The Kier molecular flexibility index (Phi) is 20.5. The van der Waals surface area contributed by atoms with E-state index in [1.54, 1.807) is 0 Å². The molecule has 0 N–H and O–H groups in total. The van der Waals surface area contributed by atoms with Crippen LogP contribution < -0.4 is 0 Å². The molecule has 0 heterocycles. The molecule has 0 aliphatic rings. The normalized spacial score (nSPS) is 11.1. The van der Waals surface area contributed by atoms with Crippen molar-refractivity contribution in [2.75, 3.05) is 4.43 Å². The first-order valence-corrected chi connectivity index (χ1v) is 11.0. The first-order valence-electron chi connectivity index (χ1n) is 9.47. The van der Waals surface area contributed by atoms with Crippen LogP contribution in [0, 0.1) is 0 Å². The Labute approximate surface area is 143 Å². The molecule has 0 fully saturated rings. The van der Waals surface area contributed by atoms with E-state index >= 15 is 0 Å². The van der Waals surface area contributed by atoms with Crippen molar-refractivity contribution in [1.29, 1.82) is 0 Å². The minimum atomic E-state index is 1.34. The lowest BCUT2D eigenvalue weighted by atomic mass is 10.0. The Hall–Kier alpha value is 0.730. The molecule has 0 aliphatic carbocycles. The summed E-state index contributed by atoms with van der Waals surface area (Å²) in [5.74, 6) is 0. The maximum atomic E-state index is 2.49. The second-order valence-corrected chi connectivity index (χ2v) is 7.42. The van der Waals surface area contributed by atoms with Crippen LogP contribution in [0.3, 0.4) is 0 Å². The molecule has 20 heavy (non-hydrogen) atoms. The highest BCUT2D eigenvalue weighted by atomic mass is 127. The summed E-state index contributed by atoms with van der Waals surface area (Å²) < 4.78 is 1.34. The Morgan fingerprint density at radius 1 is 0.400 bits per heavy atom. The van der Waals surface area contributed by atoms with E-state index in [1.807, 2.05) is 0 Å². The molecule has 0 aliphatic heterocycles. The molecular formula is C19H39I. The standard InChI is InChI=1S/C19H39I/c1-2-3-4-5-6-7-8-9-10-11-12-13-14-15-16-17-18-19-20/h2-19H2,1H3. The van der Waals surface area contributed by atoms with Crippen LogP contribution in [0.1, 0.15) is 116 Å². The van der Waals surface area contributed by atoms with Crippen molar-refractivity contribution in [3.8, 4) is 0 Å². The summed E-state index contributed by atoms with van der Waals surface area (Å²) in [6, 6.07) is 0. The van der Waals surface area contributed by atoms with Crippen molar-refractivity contribution < 1.29 is 0 Å². The minimum Gasteiger partial charge on any atom is -0.0864 e. The first-order chi connectivity index (χ1) is 9.91. The molecule has 0 nitrogen and oxygen atoms in total. The van der Waals surface area contributed by atoms with E-state index in [0.29, 0.717) is 0 Å². The van der Waals surface area contributed by atoms with E-state index in [2.05, 4.69) is 29.5 Å². The second kappa shape index (κ2) is 19.7. The Morgan fingerprint density at radius 3 is 0.900 bits per heavy atom. The highest BCUT2D eigenvalue weighted by Crippen LogP contribution is 2.14. The molecule has 0 amide bonds. The maximum absolute atomic E-state index is 2.49. The van der Waals surface area contributed by atoms with Crippen LogP contribution in [0.15, 0.2) is 0 Å². The van der Waals surface area contributed by atoms with Crippen LogP contribution in [0.2, 0.25) is 0 Å². The van der Waals surface area contributed by atoms with Gasteiger partial charge in [0, 0.05) is 0 Å². The number of hydrogen-bond acceptors (Lipinski definition) is 0. The average molecular weight is 394 g/mol. The largest absolute Gasteiger partial charge is 0.0864 e. The van der Waals surface area contributed by atoms with E-state index in [1.165, 1.54) is 114 Å². The van der Waals surface area contributed by atoms with Gasteiger partial charge >= 0.3 is 0 Å². The number of unbranched alkanes of at least 4 members (excludes halogenated alkanes) is 16. The third-order valence-electron chi connectivity index (χ3n) is 4.24. The first kappa shape index (κ1) is 20.7. The van der Waals surface area contributed by atoms with Gasteiger partial charge in [0.25, 0.3) is 0 Å². The average Bonchev–Trinajstić information content (AvgIpc) is 2.47. The summed E-state index contributed by atoms with van der Waals surface area (Å²) in [5, 5.41) is 0. The molecule has 0 radical (unpaired) electrons. The monoisotopic (exact) mass is 394 g/mol. The molecule has 0 spiro atoms. The number of hydrogen-bond donors (Lipinski definition) is 0. The molecular weight excluding hydrogens is 355 g/mol. The fourth-order valence-corrected chi connectivity index (χ4v) is 3.36. The van der Waals surface area contributed by atoms with Crippen LogP contribution in [-0.4, -0.2) is 4.43 Å². The van der Waals surface area contributed by atoms with Crippen LogP contribution in [0.25, 0.3) is 0 Å². The van der Waals surface area contributed by atoms with Gasteiger partial charge in [-0.25, -0.2) is 0 Å². The number of halogens is 1. The molecule has 0 atom stereocenters. The third-order valence-corrected chi connectivity index (χ3v) is 5.00. The lowest BCUT2D eigenvalue weighted by Crippen LogP contribution is -1.84. The third kappa shape index (κ3) is 18.7. The Bertz CT molecular complexity index is 138. The Morgan fingerprint density at radius 2 is 0.650 bits per heavy atom. The summed E-state index contributed by atoms with van der Waals surface area (Å²) in [7, 11) is 0. The maximum Gasteiger partial charge on any atom is -0.000473 e. The minimum absolute atomic E-state index is 1.34. The molecule has 0 unspecified atom stereocenters. The molecule has 0 aromatic heterocycles. The van der Waals surface area contributed by atoms with Gasteiger partial charge in [-0.3, -0.25) is 0 Å². The summed E-state index contributed by atoms with van der Waals surface area (Å²) in [4.78, 5) is 0. The summed E-state index contributed by atoms with van der Waals surface area (Å²) in [6.45, 7) is 2.30. The Balaban J connectivity index is 2.89. The number of alkyl halides is 1. The quantitative estimate of drug-likeness (QED) is 0.133. The molecule has 0 bridgehead atoms. The van der Waals surface area contributed by atoms with Gasteiger partial charge in [0.05, 0.1) is 0 Å². The molecule has 1 heteroatoms. The van der Waals surface area contributed by atoms with Gasteiger partial charge in [0.2, 0.25) is 0 Å². The summed E-state index contributed by atoms with van der Waals surface area (Å²) >= 11 is 2.49. The van der Waals surface area contributed by atoms with Crippen molar-refractivity contribution in [1.82, 2.24) is 0 Å². The van der Waals surface area contributed by atoms with Gasteiger partial charge in [0.15, 0.2) is 0 Å². The number of rotatable bonds is 17. The zero-order chi connectivity index (χ0) is 14.7. The molecule has 0 aromatic carbocycles. The summed E-state index contributed by atoms with van der Waals surface area (Å²) in [6.07, 6.45) is 25.0. The van der Waals surface area contributed by atoms with Gasteiger partial charge in [-0.1, -0.05) is 132 Å². The van der Waals surface area contributed by atoms with Crippen molar-refractivity contribution in [2.45, 2.75) is 116 Å². The predicted molar refractivity (Wildman–Crippen MR) is 103 cm³/mol. The van der Waals surface area contributed by atoms with E-state index in [4.69, 9.17) is 0 Å². The SMILES string of the molecule is CCCCCCCCCCCCCCCCCCCI. The van der Waals surface area contributed by atoms with Crippen molar-refractivity contribution in [2.24, 2.45) is 0 Å². The van der Waals surface area contributed by atoms with Gasteiger partial charge in [-0.2, -0.15) is 0 Å². The smallest absolute Gasteiger partial charge is 0.000473 e. The zero-order valence-electron chi connectivity index (χ0n) is 14.1. The second-order valence-electron chi connectivity index (χ2n) is 6.35. The van der Waals surface area contributed by atoms with E-state index in [0.717, 1.165) is 0 Å². The molecule has 122 valence electrons. The van der Waals surface area contributed by atoms with E-state index < -0.39 is 0 Å². The van der Waals surface area contributed by atoms with Gasteiger partial charge in [-0.05, 0) is 10.8 Å². The van der Waals surface area contributed by atoms with Crippen molar-refractivity contribution >= 4 is 22.6 Å². The van der Waals surface area contributed by atoms with Gasteiger partial charge in [-0.15, -0.1) is 0 Å². The van der Waals surface area contributed by atoms with Crippen LogP contribution in [-0.2, 0) is 0 Å². The van der Waals surface area contributed by atoms with Crippen LogP contribution in [0.5, 0.6) is 0 Å². The van der Waals surface area contributed by atoms with Gasteiger partial charge in [0.1, 0.15) is 0 Å². The predicted octanol–water partition coefficient (Wildman–Crippen LogP) is 8.07. The molecule has 0 saturated carbocycles. The topological polar surface area (TPSA) is 0 Å². The molecule has 0 rings (SSSR count). The highest BCUT2D eigenvalue weighted by Gasteiger charge is 1.94. The molecule has 0 aromatic rings.